The molecule has 0 aromatic rings. The van der Waals surface area contributed by atoms with E-state index in [4.69, 9.17) is 20.1 Å². The van der Waals surface area contributed by atoms with Gasteiger partial charge in [-0.05, 0) is 13.8 Å². The Balaban J connectivity index is 3.22. The molecule has 0 radical (unpaired) electrons. The van der Waals surface area contributed by atoms with Crippen LogP contribution in [0, 0.1) is 0 Å². The Labute approximate surface area is 110 Å². The molecule has 0 aliphatic heterocycles. The zero-order chi connectivity index (χ0) is 13.1. The first-order valence-corrected chi connectivity index (χ1v) is 6.27. The molecule has 0 aromatic carbocycles. The average molecular weight is 266 g/mol. The molecule has 17 heavy (non-hydrogen) atoms. The summed E-state index contributed by atoms with van der Waals surface area (Å²) >= 11 is 4.41. The molecule has 6 heteroatoms. The highest BCUT2D eigenvalue weighted by Crippen LogP contribution is 2.11. The van der Waals surface area contributed by atoms with E-state index >= 15 is 0 Å². The van der Waals surface area contributed by atoms with Gasteiger partial charge in [-0.25, -0.2) is 5.01 Å². The smallest absolute Gasteiger partial charge is 0.0701 e. The van der Waals surface area contributed by atoms with Gasteiger partial charge in [0.05, 0.1) is 33.0 Å². The van der Waals surface area contributed by atoms with Crippen molar-refractivity contribution in [3.63, 3.8) is 0 Å². The molecule has 0 aromatic heterocycles. The molecule has 0 aliphatic rings. The number of hydrogen-bond donors (Lipinski definition) is 2. The minimum Gasteiger partial charge on any atom is -0.382 e. The van der Waals surface area contributed by atoms with Crippen molar-refractivity contribution in [3.05, 3.63) is 0 Å². The van der Waals surface area contributed by atoms with Crippen molar-refractivity contribution in [2.75, 3.05) is 53.2 Å². The SMILES string of the molecule is COCCOCCOCCN(N)CC(C)(C)S. The summed E-state index contributed by atoms with van der Waals surface area (Å²) in [7, 11) is 1.65. The molecule has 0 amide bonds. The van der Waals surface area contributed by atoms with E-state index in [1.54, 1.807) is 12.1 Å². The average Bonchev–Trinajstić information content (AvgIpc) is 2.19. The van der Waals surface area contributed by atoms with Gasteiger partial charge in [-0.3, -0.25) is 5.84 Å². The fourth-order valence-electron chi connectivity index (χ4n) is 1.22. The zero-order valence-electron chi connectivity index (χ0n) is 11.1. The quantitative estimate of drug-likeness (QED) is 0.247. The van der Waals surface area contributed by atoms with Crippen LogP contribution in [0.1, 0.15) is 13.8 Å². The molecular formula is C11H26N2O3S. The van der Waals surface area contributed by atoms with Gasteiger partial charge < -0.3 is 14.2 Å². The largest absolute Gasteiger partial charge is 0.382 e. The predicted molar refractivity (Wildman–Crippen MR) is 72.3 cm³/mol. The van der Waals surface area contributed by atoms with E-state index in [9.17, 15) is 0 Å². The van der Waals surface area contributed by atoms with Crippen molar-refractivity contribution in [1.82, 2.24) is 5.01 Å². The van der Waals surface area contributed by atoms with Gasteiger partial charge in [-0.15, -0.1) is 0 Å². The summed E-state index contributed by atoms with van der Waals surface area (Å²) < 4.78 is 15.4. The number of hydrogen-bond acceptors (Lipinski definition) is 6. The highest BCUT2D eigenvalue weighted by Gasteiger charge is 2.14. The topological polar surface area (TPSA) is 57.0 Å². The van der Waals surface area contributed by atoms with Crippen molar-refractivity contribution >= 4 is 12.6 Å². The number of ether oxygens (including phenoxy) is 3. The number of thiol groups is 1. The Morgan fingerprint density at radius 2 is 1.59 bits per heavy atom. The summed E-state index contributed by atoms with van der Waals surface area (Å²) in [5.41, 5.74) is 0. The van der Waals surface area contributed by atoms with Crippen molar-refractivity contribution in [1.29, 1.82) is 0 Å². The van der Waals surface area contributed by atoms with Gasteiger partial charge in [0.1, 0.15) is 0 Å². The standard InChI is InChI=1S/C11H26N2O3S/c1-11(2,17)10-13(12)4-5-15-8-9-16-7-6-14-3/h17H,4-10,12H2,1-3H3. The molecule has 0 saturated heterocycles. The minimum atomic E-state index is -0.0853. The normalized spacial score (nSPS) is 12.4. The molecule has 0 atom stereocenters. The van der Waals surface area contributed by atoms with Crippen LogP contribution in [0.5, 0.6) is 0 Å². The zero-order valence-corrected chi connectivity index (χ0v) is 12.0. The second-order valence-corrected chi connectivity index (χ2v) is 5.71. The summed E-state index contributed by atoms with van der Waals surface area (Å²) in [5, 5.41) is 1.72. The van der Waals surface area contributed by atoms with E-state index in [0.717, 1.165) is 6.54 Å². The lowest BCUT2D eigenvalue weighted by Crippen LogP contribution is -2.42. The van der Waals surface area contributed by atoms with Crippen LogP contribution < -0.4 is 5.84 Å². The van der Waals surface area contributed by atoms with Crippen LogP contribution >= 0.6 is 12.6 Å². The minimum absolute atomic E-state index is 0.0853. The molecule has 2 N–H and O–H groups in total. The Hall–Kier alpha value is 0.150. The van der Waals surface area contributed by atoms with Gasteiger partial charge >= 0.3 is 0 Å². The maximum atomic E-state index is 5.80. The van der Waals surface area contributed by atoms with Gasteiger partial charge in [0, 0.05) is 24.9 Å². The van der Waals surface area contributed by atoms with Crippen molar-refractivity contribution in [3.8, 4) is 0 Å². The van der Waals surface area contributed by atoms with E-state index in [1.807, 2.05) is 13.8 Å². The fraction of sp³-hybridized carbons (Fsp3) is 1.00. The third-order valence-corrected chi connectivity index (χ3v) is 2.06. The summed E-state index contributed by atoms with van der Waals surface area (Å²) in [6.45, 7) is 8.49. The van der Waals surface area contributed by atoms with Crippen LogP contribution in [0.15, 0.2) is 0 Å². The van der Waals surface area contributed by atoms with Crippen molar-refractivity contribution < 1.29 is 14.2 Å². The van der Waals surface area contributed by atoms with Crippen LogP contribution in [0.3, 0.4) is 0 Å². The maximum absolute atomic E-state index is 5.80. The molecule has 0 saturated carbocycles. The van der Waals surface area contributed by atoms with Crippen LogP contribution in [-0.2, 0) is 14.2 Å². The highest BCUT2D eigenvalue weighted by atomic mass is 32.1. The van der Waals surface area contributed by atoms with E-state index in [0.29, 0.717) is 39.6 Å². The van der Waals surface area contributed by atoms with E-state index in [-0.39, 0.29) is 4.75 Å². The Kier molecular flexibility index (Phi) is 10.2. The van der Waals surface area contributed by atoms with Crippen LogP contribution in [-0.4, -0.2) is 63.0 Å². The van der Waals surface area contributed by atoms with E-state index in [2.05, 4.69) is 12.6 Å². The molecule has 5 nitrogen and oxygen atoms in total. The molecule has 0 rings (SSSR count). The first kappa shape index (κ1) is 17.2. The third-order valence-electron chi connectivity index (χ3n) is 1.92. The number of methoxy groups -OCH3 is 1. The fourth-order valence-corrected chi connectivity index (χ4v) is 1.40. The number of rotatable bonds is 11. The summed E-state index contributed by atoms with van der Waals surface area (Å²) in [6.07, 6.45) is 0. The van der Waals surface area contributed by atoms with E-state index < -0.39 is 0 Å². The molecule has 0 unspecified atom stereocenters. The molecular weight excluding hydrogens is 240 g/mol. The second-order valence-electron chi connectivity index (χ2n) is 4.50. The summed E-state index contributed by atoms with van der Waals surface area (Å²) in [5.74, 6) is 5.80. The summed E-state index contributed by atoms with van der Waals surface area (Å²) in [4.78, 5) is 0. The molecule has 104 valence electrons. The second kappa shape index (κ2) is 10.1. The van der Waals surface area contributed by atoms with Crippen LogP contribution in [0.2, 0.25) is 0 Å². The highest BCUT2D eigenvalue weighted by molar-refractivity contribution is 7.81. The number of hydrazine groups is 1. The summed E-state index contributed by atoms with van der Waals surface area (Å²) in [6, 6.07) is 0. The Morgan fingerprint density at radius 3 is 2.12 bits per heavy atom. The van der Waals surface area contributed by atoms with Gasteiger partial charge in [-0.2, -0.15) is 12.6 Å². The monoisotopic (exact) mass is 266 g/mol. The Morgan fingerprint density at radius 1 is 1.06 bits per heavy atom. The molecule has 0 spiro atoms. The first-order valence-electron chi connectivity index (χ1n) is 5.82. The number of nitrogens with zero attached hydrogens (tertiary/aromatic N) is 1. The molecule has 0 fully saturated rings. The van der Waals surface area contributed by atoms with Gasteiger partial charge in [0.15, 0.2) is 0 Å². The third kappa shape index (κ3) is 14.1. The van der Waals surface area contributed by atoms with Crippen LogP contribution in [0.4, 0.5) is 0 Å². The molecule has 0 heterocycles. The maximum Gasteiger partial charge on any atom is 0.0701 e. The molecule has 0 aliphatic carbocycles. The van der Waals surface area contributed by atoms with Gasteiger partial charge in [0.2, 0.25) is 0 Å². The van der Waals surface area contributed by atoms with Gasteiger partial charge in [-0.1, -0.05) is 0 Å². The number of nitrogens with two attached hydrogens (primary N) is 1. The lowest BCUT2D eigenvalue weighted by atomic mass is 10.2. The van der Waals surface area contributed by atoms with Crippen LogP contribution in [0.25, 0.3) is 0 Å². The van der Waals surface area contributed by atoms with Crippen molar-refractivity contribution in [2.24, 2.45) is 5.84 Å². The molecule has 0 bridgehead atoms. The first-order chi connectivity index (χ1) is 7.95. The predicted octanol–water partition coefficient (Wildman–Crippen LogP) is 0.550. The Bertz CT molecular complexity index is 177. The van der Waals surface area contributed by atoms with E-state index in [1.165, 1.54) is 0 Å². The van der Waals surface area contributed by atoms with Crippen molar-refractivity contribution in [2.45, 2.75) is 18.6 Å². The van der Waals surface area contributed by atoms with Gasteiger partial charge in [0.25, 0.3) is 0 Å². The lowest BCUT2D eigenvalue weighted by molar-refractivity contribution is 0.0191. The lowest BCUT2D eigenvalue weighted by Gasteiger charge is -2.25.